The second kappa shape index (κ2) is 8.42. The molecule has 3 amide bonds. The molecule has 0 bridgehead atoms. The van der Waals surface area contributed by atoms with Crippen LogP contribution in [0.1, 0.15) is 20.7 Å². The molecule has 180 valence electrons. The van der Waals surface area contributed by atoms with E-state index in [0.717, 1.165) is 15.0 Å². The van der Waals surface area contributed by atoms with Crippen LogP contribution in [0.4, 0.5) is 11.4 Å². The number of benzene rings is 4. The van der Waals surface area contributed by atoms with Crippen LogP contribution >= 0.6 is 0 Å². The number of carbonyl (C=O) groups excluding carboxylic acids is 3. The summed E-state index contributed by atoms with van der Waals surface area (Å²) in [5.74, 6) is -1.39. The second-order valence-corrected chi connectivity index (χ2v) is 8.63. The molecular formula is C28H18N4O5. The van der Waals surface area contributed by atoms with E-state index in [-0.39, 0.29) is 10.8 Å². The third kappa shape index (κ3) is 3.61. The minimum absolute atomic E-state index is 0.219. The van der Waals surface area contributed by atoms with Gasteiger partial charge in [-0.15, -0.1) is 0 Å². The summed E-state index contributed by atoms with van der Waals surface area (Å²) in [5, 5.41) is 7.01. The summed E-state index contributed by atoms with van der Waals surface area (Å²) in [6.45, 7) is -0.398. The normalized spacial score (nSPS) is 12.8. The molecule has 4 aromatic carbocycles. The maximum atomic E-state index is 13.2. The van der Waals surface area contributed by atoms with Crippen LogP contribution in [0.5, 0.6) is 0 Å². The van der Waals surface area contributed by atoms with E-state index in [9.17, 15) is 24.0 Å². The number of anilines is 2. The van der Waals surface area contributed by atoms with Gasteiger partial charge in [0.1, 0.15) is 6.54 Å². The number of carbonyl (C=O) groups is 3. The number of hydrogen-bond donors (Lipinski definition) is 2. The van der Waals surface area contributed by atoms with Gasteiger partial charge >= 0.3 is 0 Å². The van der Waals surface area contributed by atoms with Gasteiger partial charge in [-0.1, -0.05) is 36.4 Å². The average Bonchev–Trinajstić information content (AvgIpc) is 2.91. The molecule has 2 heterocycles. The van der Waals surface area contributed by atoms with E-state index in [0.29, 0.717) is 27.9 Å². The molecular weight excluding hydrogens is 472 g/mol. The molecule has 1 aliphatic heterocycles. The molecule has 5 aromatic rings. The van der Waals surface area contributed by atoms with Gasteiger partial charge in [0, 0.05) is 22.2 Å². The number of imide groups is 1. The number of nitrogens with one attached hydrogen (secondary N) is 2. The Morgan fingerprint density at radius 2 is 1.35 bits per heavy atom. The van der Waals surface area contributed by atoms with Crippen molar-refractivity contribution in [2.24, 2.45) is 0 Å². The molecule has 0 radical (unpaired) electrons. The van der Waals surface area contributed by atoms with Gasteiger partial charge in [-0.3, -0.25) is 29.1 Å². The molecule has 9 heteroatoms. The lowest BCUT2D eigenvalue weighted by atomic mass is 9.94. The van der Waals surface area contributed by atoms with Crippen molar-refractivity contribution in [2.75, 3.05) is 10.2 Å². The maximum Gasteiger partial charge on any atom is 0.273 e. The summed E-state index contributed by atoms with van der Waals surface area (Å²) in [6.07, 6.45) is 0. The number of nitrogens with zero attached hydrogens (tertiary/aromatic N) is 2. The number of aromatic amines is 1. The summed E-state index contributed by atoms with van der Waals surface area (Å²) >= 11 is 0. The summed E-state index contributed by atoms with van der Waals surface area (Å²) in [6, 6.07) is 23.3. The lowest BCUT2D eigenvalue weighted by Crippen LogP contribution is -2.40. The number of H-pyrrole nitrogens is 1. The Bertz CT molecular complexity index is 1840. The summed E-state index contributed by atoms with van der Waals surface area (Å²) in [4.78, 5) is 65.0. The van der Waals surface area contributed by atoms with E-state index in [2.05, 4.69) is 10.4 Å². The number of fused-ring (bicyclic) bond motifs is 1. The van der Waals surface area contributed by atoms with Crippen molar-refractivity contribution in [3.05, 3.63) is 117 Å². The van der Waals surface area contributed by atoms with E-state index in [4.69, 9.17) is 0 Å². The Morgan fingerprint density at radius 3 is 2.00 bits per heavy atom. The van der Waals surface area contributed by atoms with Gasteiger partial charge in [-0.25, -0.2) is 9.58 Å². The quantitative estimate of drug-likeness (QED) is 0.375. The highest BCUT2D eigenvalue weighted by atomic mass is 16.2. The van der Waals surface area contributed by atoms with Crippen LogP contribution in [0.25, 0.3) is 21.5 Å². The molecule has 0 atom stereocenters. The molecule has 0 saturated carbocycles. The third-order valence-corrected chi connectivity index (χ3v) is 6.37. The minimum Gasteiger partial charge on any atom is -0.324 e. The number of rotatable bonds is 4. The number of aromatic nitrogens is 2. The molecule has 0 fully saturated rings. The van der Waals surface area contributed by atoms with Gasteiger partial charge < -0.3 is 5.32 Å². The van der Waals surface area contributed by atoms with Gasteiger partial charge in [-0.05, 0) is 53.9 Å². The van der Waals surface area contributed by atoms with E-state index >= 15 is 0 Å². The van der Waals surface area contributed by atoms with Gasteiger partial charge in [-0.2, -0.15) is 0 Å². The Morgan fingerprint density at radius 1 is 0.730 bits per heavy atom. The fourth-order valence-electron chi connectivity index (χ4n) is 4.66. The smallest absolute Gasteiger partial charge is 0.273 e. The molecule has 37 heavy (non-hydrogen) atoms. The minimum atomic E-state index is -0.536. The van der Waals surface area contributed by atoms with E-state index in [1.165, 1.54) is 6.07 Å². The summed E-state index contributed by atoms with van der Waals surface area (Å²) in [7, 11) is 0. The molecule has 0 saturated heterocycles. The molecule has 6 rings (SSSR count). The predicted molar refractivity (Wildman–Crippen MR) is 139 cm³/mol. The summed E-state index contributed by atoms with van der Waals surface area (Å²) in [5.41, 5.74) is 0.678. The SMILES string of the molecule is O=C(Cn1[nH]c(=O)c2ccccc2c1=O)Nc1ccc(N2C(=O)c3cccc4cccc(c34)C2=O)cc1. The van der Waals surface area contributed by atoms with Gasteiger partial charge in [0.2, 0.25) is 5.91 Å². The van der Waals surface area contributed by atoms with E-state index in [1.54, 1.807) is 66.7 Å². The molecule has 1 aliphatic rings. The first-order chi connectivity index (χ1) is 17.9. The van der Waals surface area contributed by atoms with Crippen molar-refractivity contribution < 1.29 is 14.4 Å². The Hall–Kier alpha value is -5.31. The highest BCUT2D eigenvalue weighted by molar-refractivity contribution is 6.35. The fourth-order valence-corrected chi connectivity index (χ4v) is 4.66. The van der Waals surface area contributed by atoms with Crippen molar-refractivity contribution in [3.63, 3.8) is 0 Å². The number of amides is 3. The average molecular weight is 490 g/mol. The topological polar surface area (TPSA) is 121 Å². The molecule has 0 aliphatic carbocycles. The van der Waals surface area contributed by atoms with Crippen LogP contribution in [-0.2, 0) is 11.3 Å². The van der Waals surface area contributed by atoms with Crippen molar-refractivity contribution >= 4 is 50.6 Å². The molecule has 1 aromatic heterocycles. The lowest BCUT2D eigenvalue weighted by molar-refractivity contribution is -0.117. The van der Waals surface area contributed by atoms with Crippen LogP contribution in [0.15, 0.2) is 94.5 Å². The number of hydrogen-bond acceptors (Lipinski definition) is 5. The van der Waals surface area contributed by atoms with Crippen LogP contribution in [-0.4, -0.2) is 27.5 Å². The van der Waals surface area contributed by atoms with Crippen molar-refractivity contribution in [1.29, 1.82) is 0 Å². The first kappa shape index (κ1) is 22.2. The Balaban J connectivity index is 1.24. The van der Waals surface area contributed by atoms with Gasteiger partial charge in [0.05, 0.1) is 16.5 Å². The van der Waals surface area contributed by atoms with Gasteiger partial charge in [0.25, 0.3) is 22.9 Å². The summed E-state index contributed by atoms with van der Waals surface area (Å²) < 4.78 is 0.956. The van der Waals surface area contributed by atoms with E-state index < -0.39 is 35.4 Å². The standard InChI is InChI=1S/C28H18N4O5/c33-23(15-31-26(35)20-8-2-1-7-19(20)25(34)30-31)29-17-11-13-18(14-12-17)32-27(36)21-9-3-5-16-6-4-10-22(24(16)21)28(32)37/h1-14H,15H2,(H,29,33)(H,30,34). The first-order valence-corrected chi connectivity index (χ1v) is 11.4. The van der Waals surface area contributed by atoms with Crippen LogP contribution < -0.4 is 21.3 Å². The molecule has 0 spiro atoms. The molecule has 0 unspecified atom stereocenters. The molecule has 9 nitrogen and oxygen atoms in total. The Labute approximate surface area is 208 Å². The van der Waals surface area contributed by atoms with E-state index in [1.807, 2.05) is 12.1 Å². The highest BCUT2D eigenvalue weighted by Gasteiger charge is 2.33. The monoisotopic (exact) mass is 490 g/mol. The van der Waals surface area contributed by atoms with Crippen LogP contribution in [0, 0.1) is 0 Å². The fraction of sp³-hybridized carbons (Fsp3) is 0.0357. The van der Waals surface area contributed by atoms with Crippen LogP contribution in [0.3, 0.4) is 0 Å². The largest absolute Gasteiger partial charge is 0.324 e. The maximum absolute atomic E-state index is 13.2. The van der Waals surface area contributed by atoms with Crippen molar-refractivity contribution in [3.8, 4) is 0 Å². The lowest BCUT2D eigenvalue weighted by Gasteiger charge is -2.27. The third-order valence-electron chi connectivity index (χ3n) is 6.37. The first-order valence-electron chi connectivity index (χ1n) is 11.4. The second-order valence-electron chi connectivity index (χ2n) is 8.63. The van der Waals surface area contributed by atoms with Crippen LogP contribution in [0.2, 0.25) is 0 Å². The predicted octanol–water partition coefficient (Wildman–Crippen LogP) is 3.28. The zero-order chi connectivity index (χ0) is 25.7. The Kier molecular flexibility index (Phi) is 5.04. The van der Waals surface area contributed by atoms with Crippen molar-refractivity contribution in [1.82, 2.24) is 9.78 Å². The zero-order valence-electron chi connectivity index (χ0n) is 19.2. The molecule has 2 N–H and O–H groups in total. The zero-order valence-corrected chi connectivity index (χ0v) is 19.2. The van der Waals surface area contributed by atoms with Gasteiger partial charge in [0.15, 0.2) is 0 Å². The highest BCUT2D eigenvalue weighted by Crippen LogP contribution is 2.33. The van der Waals surface area contributed by atoms with Crippen molar-refractivity contribution in [2.45, 2.75) is 6.54 Å².